The van der Waals surface area contributed by atoms with Gasteiger partial charge in [0.25, 0.3) is 0 Å². The number of hydrogen-bond donors (Lipinski definition) is 0. The van der Waals surface area contributed by atoms with Gasteiger partial charge in [-0.25, -0.2) is 12.2 Å². The molecule has 0 spiro atoms. The van der Waals surface area contributed by atoms with Crippen LogP contribution in [0.25, 0.3) is 10.8 Å². The van der Waals surface area contributed by atoms with Crippen molar-refractivity contribution in [2.45, 2.75) is 20.3 Å². The Morgan fingerprint density at radius 2 is 1.94 bits per heavy atom. The fourth-order valence-corrected chi connectivity index (χ4v) is 1.41. The molecule has 0 fully saturated rings. The summed E-state index contributed by atoms with van der Waals surface area (Å²) in [5, 5.41) is 2.66. The minimum absolute atomic E-state index is 1.01. The fraction of sp³-hybridized carbons (Fsp3) is 0.176. The van der Waals surface area contributed by atoms with Crippen LogP contribution in [0.15, 0.2) is 60.7 Å². The van der Waals surface area contributed by atoms with E-state index in [9.17, 15) is 0 Å². The Hall–Kier alpha value is -1.11. The molecule has 0 radical (unpaired) electrons. The van der Waals surface area contributed by atoms with Gasteiger partial charge in [0, 0.05) is 0 Å². The van der Waals surface area contributed by atoms with E-state index < -0.39 is 0 Å². The summed E-state index contributed by atoms with van der Waals surface area (Å²) in [6, 6.07) is 14.7. The number of hydrogen-bond acceptors (Lipinski definition) is 0. The zero-order valence-electron chi connectivity index (χ0n) is 11.0. The molecular formula is C17H18Ti. The van der Waals surface area contributed by atoms with E-state index in [4.69, 9.17) is 0 Å². The Labute approximate surface area is 121 Å². The van der Waals surface area contributed by atoms with E-state index in [1.165, 1.54) is 14.6 Å². The van der Waals surface area contributed by atoms with E-state index in [1.807, 2.05) is 12.2 Å². The van der Waals surface area contributed by atoms with Crippen LogP contribution in [0.2, 0.25) is 0 Å². The van der Waals surface area contributed by atoms with E-state index >= 15 is 0 Å². The number of fused-ring (bicyclic) bond motifs is 1. The van der Waals surface area contributed by atoms with Crippen LogP contribution in [0.3, 0.4) is 0 Å². The van der Waals surface area contributed by atoms with Gasteiger partial charge >= 0.3 is 37.6 Å². The van der Waals surface area contributed by atoms with Crippen LogP contribution in [0.5, 0.6) is 0 Å². The third kappa shape index (κ3) is 6.59. The first-order valence-corrected chi connectivity index (χ1v) is 6.82. The topological polar surface area (TPSA) is 0 Å². The third-order valence-corrected chi connectivity index (χ3v) is 2.13. The van der Waals surface area contributed by atoms with Crippen molar-refractivity contribution in [1.82, 2.24) is 0 Å². The van der Waals surface area contributed by atoms with Gasteiger partial charge in [-0.05, 0) is 0 Å². The summed E-state index contributed by atoms with van der Waals surface area (Å²) >= 11 is 2.08. The summed E-state index contributed by atoms with van der Waals surface area (Å²) in [5.41, 5.74) is 0. The molecule has 18 heavy (non-hydrogen) atoms. The maximum Gasteiger partial charge on any atom is -0.0809 e. The van der Waals surface area contributed by atoms with E-state index in [-0.39, 0.29) is 0 Å². The zero-order valence-corrected chi connectivity index (χ0v) is 12.5. The van der Waals surface area contributed by atoms with E-state index in [0.717, 1.165) is 6.42 Å². The van der Waals surface area contributed by atoms with Crippen molar-refractivity contribution in [2.24, 2.45) is 0 Å². The van der Waals surface area contributed by atoms with Gasteiger partial charge in [-0.15, -0.1) is 36.1 Å². The third-order valence-electron chi connectivity index (χ3n) is 2.13. The van der Waals surface area contributed by atoms with Gasteiger partial charge in [-0.1, -0.05) is 6.07 Å². The molecule has 0 atom stereocenters. The minimum Gasteiger partial charge on any atom is -0.273 e. The molecule has 0 heterocycles. The van der Waals surface area contributed by atoms with Crippen molar-refractivity contribution in [3.63, 3.8) is 0 Å². The first kappa shape index (κ1) is 15.0. The molecule has 0 aromatic heterocycles. The molecule has 0 N–H and O–H groups in total. The average molecular weight is 270 g/mol. The Morgan fingerprint density at radius 1 is 1.22 bits per heavy atom. The molecule has 0 unspecified atom stereocenters. The maximum atomic E-state index is 2.99. The van der Waals surface area contributed by atoms with Crippen LogP contribution in [0, 0.1) is 6.08 Å². The van der Waals surface area contributed by atoms with Crippen LogP contribution in [-0.2, 0) is 20.0 Å². The predicted octanol–water partition coefficient (Wildman–Crippen LogP) is 4.61. The quantitative estimate of drug-likeness (QED) is 0.484. The van der Waals surface area contributed by atoms with Crippen LogP contribution in [0.1, 0.15) is 20.3 Å². The second-order valence-corrected chi connectivity index (χ2v) is 5.72. The van der Waals surface area contributed by atoms with E-state index in [2.05, 4.69) is 88.4 Å². The largest absolute Gasteiger partial charge is 0.273 e. The summed E-state index contributed by atoms with van der Waals surface area (Å²) < 4.78 is 1.42. The van der Waals surface area contributed by atoms with Gasteiger partial charge in [0.2, 0.25) is 0 Å². The molecule has 2 aromatic carbocycles. The van der Waals surface area contributed by atoms with Crippen molar-refractivity contribution < 1.29 is 20.0 Å². The monoisotopic (exact) mass is 270 g/mol. The molecule has 0 saturated heterocycles. The molecule has 1 aliphatic rings. The molecule has 1 aliphatic carbocycles. The Morgan fingerprint density at radius 3 is 2.44 bits per heavy atom. The Kier molecular flexibility index (Phi) is 7.40. The molecule has 0 nitrogen and oxygen atoms in total. The SMILES string of the molecule is C[C](C)=[Ti+2].[C-]1=CC=CC1.c1ccc2[cH-]ccc2c1. The molecule has 0 saturated carbocycles. The Bertz CT molecular complexity index is 485. The molecule has 3 rings (SSSR count). The maximum absolute atomic E-state index is 2.99. The number of allylic oxidation sites excluding steroid dienone is 4. The molecule has 1 heteroatoms. The van der Waals surface area contributed by atoms with Crippen LogP contribution in [0.4, 0.5) is 0 Å². The van der Waals surface area contributed by atoms with Gasteiger partial charge < -0.3 is 0 Å². The first-order chi connectivity index (χ1) is 8.70. The van der Waals surface area contributed by atoms with E-state index in [0.29, 0.717) is 0 Å². The second kappa shape index (κ2) is 8.91. The van der Waals surface area contributed by atoms with Gasteiger partial charge in [0.05, 0.1) is 0 Å². The van der Waals surface area contributed by atoms with E-state index in [1.54, 1.807) is 0 Å². The van der Waals surface area contributed by atoms with Crippen molar-refractivity contribution >= 4 is 14.6 Å². The summed E-state index contributed by atoms with van der Waals surface area (Å²) in [4.78, 5) is 0. The molecule has 0 bridgehead atoms. The fourth-order valence-electron chi connectivity index (χ4n) is 1.41. The van der Waals surface area contributed by atoms with Gasteiger partial charge in [-0.2, -0.15) is 23.6 Å². The van der Waals surface area contributed by atoms with Crippen LogP contribution in [-0.4, -0.2) is 3.81 Å². The molecule has 90 valence electrons. The van der Waals surface area contributed by atoms with Gasteiger partial charge in [0.15, 0.2) is 0 Å². The van der Waals surface area contributed by atoms with Crippen LogP contribution >= 0.6 is 0 Å². The van der Waals surface area contributed by atoms with Crippen LogP contribution < -0.4 is 0 Å². The van der Waals surface area contributed by atoms with Crippen molar-refractivity contribution in [3.05, 3.63) is 66.8 Å². The second-order valence-electron chi connectivity index (χ2n) is 4.16. The summed E-state index contributed by atoms with van der Waals surface area (Å²) in [6.45, 7) is 4.17. The van der Waals surface area contributed by atoms with Gasteiger partial charge in [0.1, 0.15) is 0 Å². The summed E-state index contributed by atoms with van der Waals surface area (Å²) in [6.07, 6.45) is 10.0. The first-order valence-electron chi connectivity index (χ1n) is 6.04. The number of rotatable bonds is 0. The molecule has 0 amide bonds. The van der Waals surface area contributed by atoms with Gasteiger partial charge in [-0.3, -0.25) is 6.08 Å². The number of benzene rings is 1. The summed E-state index contributed by atoms with van der Waals surface area (Å²) in [7, 11) is 0. The standard InChI is InChI=1S/C9H7.C5H5.C3H6.Ti/c1-2-5-9-7-3-6-8(9)4-1;1-2-4-5-3-1;1-3-2;/h1-7H;1-3H,4H2;1-2H3;/q2*-1;;+2. The molecule has 2 aromatic rings. The van der Waals surface area contributed by atoms with Crippen molar-refractivity contribution in [2.75, 3.05) is 0 Å². The Balaban J connectivity index is 0.000000154. The summed E-state index contributed by atoms with van der Waals surface area (Å²) in [5.74, 6) is 0. The molecular weight excluding hydrogens is 252 g/mol. The average Bonchev–Trinajstić information content (AvgIpc) is 3.03. The minimum atomic E-state index is 1.01. The predicted molar refractivity (Wildman–Crippen MR) is 77.5 cm³/mol. The normalized spacial score (nSPS) is 11.6. The van der Waals surface area contributed by atoms with Crippen molar-refractivity contribution in [1.29, 1.82) is 0 Å². The van der Waals surface area contributed by atoms with Crippen molar-refractivity contribution in [3.8, 4) is 0 Å². The smallest absolute Gasteiger partial charge is 0.0809 e. The zero-order chi connectivity index (χ0) is 13.2. The molecule has 0 aliphatic heterocycles.